The number of carbonyl (C=O) groups is 1. The van der Waals surface area contributed by atoms with Gasteiger partial charge in [0.15, 0.2) is 0 Å². The van der Waals surface area contributed by atoms with Gasteiger partial charge in [-0.05, 0) is 43.3 Å². The zero-order valence-electron chi connectivity index (χ0n) is 14.8. The molecular formula is C19H24N2O3. The number of ether oxygens (including phenoxy) is 2. The van der Waals surface area contributed by atoms with Crippen LogP contribution in [0.2, 0.25) is 0 Å². The van der Waals surface area contributed by atoms with Gasteiger partial charge in [0.25, 0.3) is 0 Å². The summed E-state index contributed by atoms with van der Waals surface area (Å²) < 4.78 is 10.7. The van der Waals surface area contributed by atoms with E-state index in [-0.39, 0.29) is 11.9 Å². The quantitative estimate of drug-likeness (QED) is 0.875. The maximum absolute atomic E-state index is 11.4. The van der Waals surface area contributed by atoms with Gasteiger partial charge >= 0.3 is 0 Å². The molecule has 1 atom stereocenters. The molecule has 0 aliphatic carbocycles. The molecular weight excluding hydrogens is 304 g/mol. The Labute approximate surface area is 143 Å². The largest absolute Gasteiger partial charge is 0.497 e. The van der Waals surface area contributed by atoms with Crippen molar-refractivity contribution in [2.45, 2.75) is 19.9 Å². The van der Waals surface area contributed by atoms with Crippen molar-refractivity contribution >= 4 is 17.3 Å². The summed E-state index contributed by atoms with van der Waals surface area (Å²) in [5, 5.41) is 3.44. The maximum atomic E-state index is 11.4. The third kappa shape index (κ3) is 3.98. The number of methoxy groups -OCH3 is 2. The first kappa shape index (κ1) is 17.7. The summed E-state index contributed by atoms with van der Waals surface area (Å²) >= 11 is 0. The minimum atomic E-state index is 0.00652. The molecule has 1 unspecified atom stereocenters. The first-order chi connectivity index (χ1) is 11.5. The third-order valence-electron chi connectivity index (χ3n) is 4.02. The first-order valence-corrected chi connectivity index (χ1v) is 7.79. The Bertz CT molecular complexity index is 698. The zero-order chi connectivity index (χ0) is 17.7. The molecule has 0 aliphatic heterocycles. The average Bonchev–Trinajstić information content (AvgIpc) is 2.60. The summed E-state index contributed by atoms with van der Waals surface area (Å²) in [7, 11) is 5.04. The Morgan fingerprint density at radius 3 is 2.29 bits per heavy atom. The molecule has 0 fully saturated rings. The summed E-state index contributed by atoms with van der Waals surface area (Å²) in [6.07, 6.45) is 0. The highest BCUT2D eigenvalue weighted by molar-refractivity contribution is 5.91. The van der Waals surface area contributed by atoms with Crippen molar-refractivity contribution in [3.8, 4) is 11.5 Å². The Morgan fingerprint density at radius 1 is 1.08 bits per heavy atom. The topological polar surface area (TPSA) is 50.8 Å². The summed E-state index contributed by atoms with van der Waals surface area (Å²) in [5.41, 5.74) is 2.88. The molecule has 0 bridgehead atoms. The molecule has 0 saturated heterocycles. The number of nitrogens with one attached hydrogen (secondary N) is 1. The Kier molecular flexibility index (Phi) is 5.68. The molecule has 2 aromatic rings. The van der Waals surface area contributed by atoms with Crippen molar-refractivity contribution in [1.29, 1.82) is 0 Å². The van der Waals surface area contributed by atoms with Gasteiger partial charge in [-0.15, -0.1) is 0 Å². The van der Waals surface area contributed by atoms with Crippen LogP contribution in [0.1, 0.15) is 25.5 Å². The molecule has 0 spiro atoms. The monoisotopic (exact) mass is 328 g/mol. The molecule has 2 rings (SSSR count). The van der Waals surface area contributed by atoms with Crippen LogP contribution in [-0.2, 0) is 4.79 Å². The molecule has 0 heterocycles. The molecule has 0 radical (unpaired) electrons. The summed E-state index contributed by atoms with van der Waals surface area (Å²) in [6.45, 7) is 3.62. The van der Waals surface area contributed by atoms with Gasteiger partial charge in [0.05, 0.1) is 20.3 Å². The minimum absolute atomic E-state index is 0.00652. The van der Waals surface area contributed by atoms with E-state index in [1.54, 1.807) is 33.1 Å². The number of amides is 1. The van der Waals surface area contributed by atoms with E-state index in [2.05, 4.69) is 12.2 Å². The molecule has 0 aromatic heterocycles. The highest BCUT2D eigenvalue weighted by Crippen LogP contribution is 2.31. The second-order valence-corrected chi connectivity index (χ2v) is 5.60. The van der Waals surface area contributed by atoms with E-state index in [0.717, 1.165) is 28.4 Å². The second kappa shape index (κ2) is 7.73. The predicted molar refractivity (Wildman–Crippen MR) is 97.1 cm³/mol. The van der Waals surface area contributed by atoms with Gasteiger partial charge in [-0.2, -0.15) is 0 Å². The minimum Gasteiger partial charge on any atom is -0.497 e. The SMILES string of the molecule is COc1ccc(C(C)Nc2ccc(N(C)C(C)=O)cc2)c(OC)c1. The molecule has 128 valence electrons. The van der Waals surface area contributed by atoms with Crippen LogP contribution in [0.15, 0.2) is 42.5 Å². The van der Waals surface area contributed by atoms with Crippen LogP contribution in [0.4, 0.5) is 11.4 Å². The number of hydrogen-bond donors (Lipinski definition) is 1. The summed E-state index contributed by atoms with van der Waals surface area (Å²) in [6, 6.07) is 13.6. The normalized spacial score (nSPS) is 11.5. The lowest BCUT2D eigenvalue weighted by molar-refractivity contribution is -0.116. The van der Waals surface area contributed by atoms with Crippen LogP contribution >= 0.6 is 0 Å². The number of benzene rings is 2. The second-order valence-electron chi connectivity index (χ2n) is 5.60. The first-order valence-electron chi connectivity index (χ1n) is 7.79. The van der Waals surface area contributed by atoms with Crippen molar-refractivity contribution in [1.82, 2.24) is 0 Å². The molecule has 2 aromatic carbocycles. The molecule has 5 heteroatoms. The number of anilines is 2. The molecule has 1 amide bonds. The molecule has 1 N–H and O–H groups in total. The number of nitrogens with zero attached hydrogens (tertiary/aromatic N) is 1. The maximum Gasteiger partial charge on any atom is 0.223 e. The number of hydrogen-bond acceptors (Lipinski definition) is 4. The number of carbonyl (C=O) groups excluding carboxylic acids is 1. The van der Waals surface area contributed by atoms with E-state index in [9.17, 15) is 4.79 Å². The fourth-order valence-corrected chi connectivity index (χ4v) is 2.47. The standard InChI is InChI=1S/C19H24N2O3/c1-13(18-11-10-17(23-4)12-19(18)24-5)20-15-6-8-16(9-7-15)21(3)14(2)22/h6-13,20H,1-5H3. The highest BCUT2D eigenvalue weighted by atomic mass is 16.5. The third-order valence-corrected chi connectivity index (χ3v) is 4.02. The fourth-order valence-electron chi connectivity index (χ4n) is 2.47. The summed E-state index contributed by atoms with van der Waals surface area (Å²) in [5.74, 6) is 1.55. The van der Waals surface area contributed by atoms with Gasteiger partial charge in [-0.3, -0.25) is 4.79 Å². The van der Waals surface area contributed by atoms with Crippen molar-refractivity contribution in [3.05, 3.63) is 48.0 Å². The van der Waals surface area contributed by atoms with Gasteiger partial charge in [0, 0.05) is 37.0 Å². The zero-order valence-corrected chi connectivity index (χ0v) is 14.8. The van der Waals surface area contributed by atoms with Crippen molar-refractivity contribution < 1.29 is 14.3 Å². The summed E-state index contributed by atoms with van der Waals surface area (Å²) in [4.78, 5) is 13.0. The van der Waals surface area contributed by atoms with Crippen LogP contribution in [-0.4, -0.2) is 27.2 Å². The van der Waals surface area contributed by atoms with Crippen LogP contribution in [0, 0.1) is 0 Å². The van der Waals surface area contributed by atoms with Gasteiger partial charge in [-0.1, -0.05) is 0 Å². The Hall–Kier alpha value is -2.69. The van der Waals surface area contributed by atoms with E-state index in [4.69, 9.17) is 9.47 Å². The molecule has 5 nitrogen and oxygen atoms in total. The molecule has 0 saturated carbocycles. The Morgan fingerprint density at radius 2 is 1.75 bits per heavy atom. The average molecular weight is 328 g/mol. The van der Waals surface area contributed by atoms with Crippen LogP contribution in [0.25, 0.3) is 0 Å². The van der Waals surface area contributed by atoms with Crippen LogP contribution in [0.3, 0.4) is 0 Å². The van der Waals surface area contributed by atoms with Crippen LogP contribution in [0.5, 0.6) is 11.5 Å². The fraction of sp³-hybridized carbons (Fsp3) is 0.316. The van der Waals surface area contributed by atoms with Gasteiger partial charge < -0.3 is 19.7 Å². The van der Waals surface area contributed by atoms with E-state index in [1.807, 2.05) is 42.5 Å². The highest BCUT2D eigenvalue weighted by Gasteiger charge is 2.13. The van der Waals surface area contributed by atoms with Gasteiger partial charge in [0.1, 0.15) is 11.5 Å². The van der Waals surface area contributed by atoms with Gasteiger partial charge in [-0.25, -0.2) is 0 Å². The van der Waals surface area contributed by atoms with E-state index < -0.39 is 0 Å². The molecule has 24 heavy (non-hydrogen) atoms. The van der Waals surface area contributed by atoms with E-state index in [0.29, 0.717) is 0 Å². The lowest BCUT2D eigenvalue weighted by Gasteiger charge is -2.20. The van der Waals surface area contributed by atoms with E-state index in [1.165, 1.54) is 0 Å². The Balaban J connectivity index is 2.15. The van der Waals surface area contributed by atoms with E-state index >= 15 is 0 Å². The lowest BCUT2D eigenvalue weighted by atomic mass is 10.1. The van der Waals surface area contributed by atoms with Crippen molar-refractivity contribution in [2.24, 2.45) is 0 Å². The van der Waals surface area contributed by atoms with Crippen molar-refractivity contribution in [2.75, 3.05) is 31.5 Å². The predicted octanol–water partition coefficient (Wildman–Crippen LogP) is 3.86. The van der Waals surface area contributed by atoms with Crippen LogP contribution < -0.4 is 19.7 Å². The number of rotatable bonds is 6. The van der Waals surface area contributed by atoms with Crippen molar-refractivity contribution in [3.63, 3.8) is 0 Å². The smallest absolute Gasteiger partial charge is 0.223 e. The molecule has 0 aliphatic rings. The van der Waals surface area contributed by atoms with Gasteiger partial charge in [0.2, 0.25) is 5.91 Å². The lowest BCUT2D eigenvalue weighted by Crippen LogP contribution is -2.22.